The quantitative estimate of drug-likeness (QED) is 0.550. The Hall–Kier alpha value is -2.84. The smallest absolute Gasteiger partial charge is 0.332 e. The van der Waals surface area contributed by atoms with Crippen LogP contribution in [-0.2, 0) is 13.6 Å². The van der Waals surface area contributed by atoms with Gasteiger partial charge in [0.2, 0.25) is 5.78 Å². The molecular weight excluding hydrogens is 462 g/mol. The molecule has 3 aromatic rings. The van der Waals surface area contributed by atoms with E-state index in [4.69, 9.17) is 22.1 Å². The molecule has 2 N–H and O–H groups in total. The summed E-state index contributed by atoms with van der Waals surface area (Å²) < 4.78 is 8.26. The lowest BCUT2D eigenvalue weighted by Crippen LogP contribution is -2.43. The minimum atomic E-state index is -0.771. The summed E-state index contributed by atoms with van der Waals surface area (Å²) in [6.45, 7) is -0.330. The Labute approximate surface area is 179 Å². The highest BCUT2D eigenvalue weighted by Crippen LogP contribution is 2.27. The maximum atomic E-state index is 12.7. The largest absolute Gasteiger partial charge is 0.484 e. The monoisotopic (exact) mass is 477 g/mol. The zero-order valence-corrected chi connectivity index (χ0v) is 17.7. The molecule has 2 aromatic carbocycles. The fraction of sp³-hybridized carbons (Fsp3) is 0.150. The molecule has 9 heteroatoms. The molecule has 150 valence electrons. The number of carbonyl (C=O) groups is 1. The van der Waals surface area contributed by atoms with Crippen LogP contribution in [0.15, 0.2) is 62.6 Å². The molecule has 29 heavy (non-hydrogen) atoms. The number of rotatable bonds is 6. The minimum Gasteiger partial charge on any atom is -0.484 e. The van der Waals surface area contributed by atoms with Crippen molar-refractivity contribution in [3.8, 4) is 5.75 Å². The molecule has 7 nitrogen and oxygen atoms in total. The number of hydrogen-bond donors (Lipinski definition) is 1. The first-order valence-electron chi connectivity index (χ1n) is 8.54. The van der Waals surface area contributed by atoms with E-state index in [2.05, 4.69) is 15.9 Å². The number of nitrogens with two attached hydrogens (primary N) is 1. The molecule has 0 spiro atoms. The molecule has 0 unspecified atom stereocenters. The second-order valence-corrected chi connectivity index (χ2v) is 7.59. The van der Waals surface area contributed by atoms with Crippen molar-refractivity contribution in [3.63, 3.8) is 0 Å². The van der Waals surface area contributed by atoms with E-state index in [1.807, 2.05) is 30.3 Å². The van der Waals surface area contributed by atoms with E-state index in [-0.39, 0.29) is 23.7 Å². The first-order valence-corrected chi connectivity index (χ1v) is 9.71. The van der Waals surface area contributed by atoms with Gasteiger partial charge >= 0.3 is 5.69 Å². The van der Waals surface area contributed by atoms with Gasteiger partial charge in [-0.15, -0.1) is 0 Å². The van der Waals surface area contributed by atoms with Crippen LogP contribution in [0.3, 0.4) is 0 Å². The number of Topliss-reactive ketones (excluding diaryl/α,β-unsaturated/α-hetero) is 1. The van der Waals surface area contributed by atoms with Gasteiger partial charge in [-0.3, -0.25) is 18.7 Å². The average molecular weight is 479 g/mol. The lowest BCUT2D eigenvalue weighted by Gasteiger charge is -2.15. The van der Waals surface area contributed by atoms with E-state index in [1.54, 1.807) is 18.2 Å². The molecule has 0 aliphatic rings. The SMILES string of the molecule is Cn1c(=O)c(C(=O)COc2ccc(Br)cc2Cl)c(N)n(Cc2ccccc2)c1=O. The van der Waals surface area contributed by atoms with Gasteiger partial charge in [0.1, 0.15) is 17.1 Å². The predicted molar refractivity (Wildman–Crippen MR) is 115 cm³/mol. The van der Waals surface area contributed by atoms with Gasteiger partial charge in [0, 0.05) is 11.5 Å². The van der Waals surface area contributed by atoms with Gasteiger partial charge in [0.25, 0.3) is 5.56 Å². The zero-order chi connectivity index (χ0) is 21.1. The summed E-state index contributed by atoms with van der Waals surface area (Å²) >= 11 is 9.36. The normalized spacial score (nSPS) is 10.7. The summed E-state index contributed by atoms with van der Waals surface area (Å²) in [6.07, 6.45) is 0. The Morgan fingerprint density at radius 2 is 1.86 bits per heavy atom. The summed E-state index contributed by atoms with van der Waals surface area (Å²) in [6, 6.07) is 14.0. The van der Waals surface area contributed by atoms with Crippen LogP contribution in [0.4, 0.5) is 5.82 Å². The Balaban J connectivity index is 1.94. The van der Waals surface area contributed by atoms with Crippen LogP contribution >= 0.6 is 27.5 Å². The van der Waals surface area contributed by atoms with Crippen molar-refractivity contribution in [2.24, 2.45) is 7.05 Å². The first-order chi connectivity index (χ1) is 13.8. The minimum absolute atomic E-state index is 0.124. The lowest BCUT2D eigenvalue weighted by atomic mass is 10.2. The van der Waals surface area contributed by atoms with Crippen molar-refractivity contribution in [1.29, 1.82) is 0 Å². The molecule has 1 heterocycles. The molecule has 0 amide bonds. The maximum Gasteiger partial charge on any atom is 0.332 e. The number of anilines is 1. The van der Waals surface area contributed by atoms with Crippen molar-refractivity contribution in [1.82, 2.24) is 9.13 Å². The zero-order valence-electron chi connectivity index (χ0n) is 15.4. The van der Waals surface area contributed by atoms with E-state index in [0.717, 1.165) is 14.6 Å². The van der Waals surface area contributed by atoms with Crippen LogP contribution in [0.2, 0.25) is 5.02 Å². The van der Waals surface area contributed by atoms with Crippen LogP contribution in [-0.4, -0.2) is 21.5 Å². The van der Waals surface area contributed by atoms with Crippen molar-refractivity contribution in [3.05, 3.63) is 90.0 Å². The van der Waals surface area contributed by atoms with Gasteiger partial charge in [-0.25, -0.2) is 4.79 Å². The lowest BCUT2D eigenvalue weighted by molar-refractivity contribution is 0.0919. The third kappa shape index (κ3) is 4.44. The maximum absolute atomic E-state index is 12.7. The molecule has 1 aromatic heterocycles. The van der Waals surface area contributed by atoms with Crippen LogP contribution < -0.4 is 21.7 Å². The Kier molecular flexibility index (Phi) is 6.24. The van der Waals surface area contributed by atoms with E-state index in [0.29, 0.717) is 5.02 Å². The number of carbonyl (C=O) groups excluding carboxylic acids is 1. The number of nitrogens with zero attached hydrogens (tertiary/aromatic N) is 2. The van der Waals surface area contributed by atoms with Crippen LogP contribution in [0.25, 0.3) is 0 Å². The van der Waals surface area contributed by atoms with Gasteiger partial charge in [0.05, 0.1) is 11.6 Å². The third-order valence-electron chi connectivity index (χ3n) is 4.30. The number of hydrogen-bond acceptors (Lipinski definition) is 5. The molecular formula is C20H17BrClN3O4. The van der Waals surface area contributed by atoms with Crippen molar-refractivity contribution in [2.45, 2.75) is 6.54 Å². The van der Waals surface area contributed by atoms with Crippen molar-refractivity contribution in [2.75, 3.05) is 12.3 Å². The van der Waals surface area contributed by atoms with Crippen molar-refractivity contribution >= 4 is 39.1 Å². The first kappa shape index (κ1) is 20.9. The third-order valence-corrected chi connectivity index (χ3v) is 5.09. The molecule has 0 fully saturated rings. The summed E-state index contributed by atoms with van der Waals surface area (Å²) in [7, 11) is 1.30. The van der Waals surface area contributed by atoms with E-state index in [9.17, 15) is 14.4 Å². The molecule has 0 aliphatic heterocycles. The van der Waals surface area contributed by atoms with E-state index < -0.39 is 23.6 Å². The van der Waals surface area contributed by atoms with Gasteiger partial charge in [0.15, 0.2) is 6.61 Å². The van der Waals surface area contributed by atoms with E-state index >= 15 is 0 Å². The summed E-state index contributed by atoms with van der Waals surface area (Å²) in [5, 5.41) is 0.307. The molecule has 0 aliphatic carbocycles. The number of nitrogen functional groups attached to an aromatic ring is 1. The Morgan fingerprint density at radius 3 is 2.52 bits per heavy atom. The van der Waals surface area contributed by atoms with E-state index in [1.165, 1.54) is 11.6 Å². The van der Waals surface area contributed by atoms with Crippen LogP contribution in [0, 0.1) is 0 Å². The number of ketones is 1. The molecule has 0 atom stereocenters. The van der Waals surface area contributed by atoms with Gasteiger partial charge in [-0.05, 0) is 23.8 Å². The number of ether oxygens (including phenoxy) is 1. The highest BCUT2D eigenvalue weighted by Gasteiger charge is 2.22. The van der Waals surface area contributed by atoms with Crippen LogP contribution in [0.5, 0.6) is 5.75 Å². The summed E-state index contributed by atoms with van der Waals surface area (Å²) in [4.78, 5) is 37.8. The fourth-order valence-corrected chi connectivity index (χ4v) is 3.50. The van der Waals surface area contributed by atoms with Gasteiger partial charge < -0.3 is 10.5 Å². The fourth-order valence-electron chi connectivity index (χ4n) is 2.77. The predicted octanol–water partition coefficient (Wildman–Crippen LogP) is 2.86. The highest BCUT2D eigenvalue weighted by atomic mass is 79.9. The van der Waals surface area contributed by atoms with Crippen LogP contribution in [0.1, 0.15) is 15.9 Å². The van der Waals surface area contributed by atoms with Gasteiger partial charge in [-0.1, -0.05) is 57.9 Å². The number of halogens is 2. The average Bonchev–Trinajstić information content (AvgIpc) is 2.70. The molecule has 0 saturated carbocycles. The number of aromatic nitrogens is 2. The second kappa shape index (κ2) is 8.67. The second-order valence-electron chi connectivity index (χ2n) is 6.27. The highest BCUT2D eigenvalue weighted by molar-refractivity contribution is 9.10. The Bertz CT molecular complexity index is 1190. The topological polar surface area (TPSA) is 96.3 Å². The molecule has 3 rings (SSSR count). The summed E-state index contributed by atoms with van der Waals surface area (Å²) in [5.74, 6) is -0.558. The molecule has 0 radical (unpaired) electrons. The standard InChI is InChI=1S/C20H17BrClN3O4/c1-24-19(27)17(15(26)11-29-16-8-7-13(21)9-14(16)22)18(23)25(20(24)28)10-12-5-3-2-4-6-12/h2-9H,10-11,23H2,1H3. The molecule has 0 saturated heterocycles. The summed E-state index contributed by atoms with van der Waals surface area (Å²) in [5.41, 5.74) is 5.19. The molecule has 0 bridgehead atoms. The Morgan fingerprint density at radius 1 is 1.17 bits per heavy atom. The number of benzene rings is 2. The van der Waals surface area contributed by atoms with Gasteiger partial charge in [-0.2, -0.15) is 0 Å². The van der Waals surface area contributed by atoms with Crippen molar-refractivity contribution < 1.29 is 9.53 Å².